The molecular weight excluding hydrogens is 348 g/mol. The maximum absolute atomic E-state index is 12.4. The lowest BCUT2D eigenvalue weighted by atomic mass is 10.0. The van der Waals surface area contributed by atoms with Crippen LogP contribution in [-0.2, 0) is 17.8 Å². The van der Waals surface area contributed by atoms with Crippen LogP contribution in [0.2, 0.25) is 0 Å². The van der Waals surface area contributed by atoms with Gasteiger partial charge in [0.05, 0.1) is 6.42 Å². The Labute approximate surface area is 163 Å². The fraction of sp³-hybridized carbons (Fsp3) is 0.0833. The summed E-state index contributed by atoms with van der Waals surface area (Å²) in [6, 6.07) is 27.4. The van der Waals surface area contributed by atoms with Crippen molar-refractivity contribution < 1.29 is 9.53 Å². The van der Waals surface area contributed by atoms with Gasteiger partial charge in [0.1, 0.15) is 5.75 Å². The lowest BCUT2D eigenvalue weighted by Crippen LogP contribution is -2.24. The number of pyridine rings is 1. The highest BCUT2D eigenvalue weighted by molar-refractivity contribution is 5.90. The van der Waals surface area contributed by atoms with E-state index in [4.69, 9.17) is 4.74 Å². The summed E-state index contributed by atoms with van der Waals surface area (Å²) in [5.41, 5.74) is 1.95. The van der Waals surface area contributed by atoms with E-state index in [1.807, 2.05) is 66.7 Å². The molecule has 1 heterocycles. The summed E-state index contributed by atoms with van der Waals surface area (Å²) in [6.07, 6.45) is 2.07. The van der Waals surface area contributed by atoms with Crippen LogP contribution in [0.4, 0.5) is 0 Å². The number of benzene rings is 3. The highest BCUT2D eigenvalue weighted by Crippen LogP contribution is 2.20. The predicted octanol–water partition coefficient (Wildman–Crippen LogP) is 4.89. The monoisotopic (exact) mass is 368 g/mol. The summed E-state index contributed by atoms with van der Waals surface area (Å²) in [4.78, 5) is 16.7. The number of carbonyl (C=O) groups is 1. The van der Waals surface area contributed by atoms with Gasteiger partial charge in [-0.3, -0.25) is 4.79 Å². The summed E-state index contributed by atoms with van der Waals surface area (Å²) >= 11 is 0. The molecule has 0 aliphatic rings. The number of fused-ring (bicyclic) bond motifs is 1. The van der Waals surface area contributed by atoms with Crippen LogP contribution >= 0.6 is 0 Å². The average Bonchev–Trinajstić information content (AvgIpc) is 2.74. The summed E-state index contributed by atoms with van der Waals surface area (Å²) in [5, 5.41) is 5.22. The average molecular weight is 368 g/mol. The van der Waals surface area contributed by atoms with Crippen LogP contribution in [0, 0.1) is 0 Å². The van der Waals surface area contributed by atoms with Gasteiger partial charge in [0, 0.05) is 18.8 Å². The van der Waals surface area contributed by atoms with Crippen molar-refractivity contribution in [3.63, 3.8) is 0 Å². The molecule has 1 aromatic heterocycles. The highest BCUT2D eigenvalue weighted by Gasteiger charge is 2.07. The molecule has 0 saturated heterocycles. The Morgan fingerprint density at radius 2 is 1.64 bits per heavy atom. The van der Waals surface area contributed by atoms with Crippen molar-refractivity contribution in [1.82, 2.24) is 10.3 Å². The lowest BCUT2D eigenvalue weighted by molar-refractivity contribution is -0.120. The third-order valence-electron chi connectivity index (χ3n) is 4.48. The third-order valence-corrected chi connectivity index (χ3v) is 4.48. The number of carbonyl (C=O) groups excluding carboxylic acids is 1. The second-order valence-electron chi connectivity index (χ2n) is 6.51. The van der Waals surface area contributed by atoms with Crippen LogP contribution in [0.3, 0.4) is 0 Å². The molecule has 0 saturated carbocycles. The molecule has 0 atom stereocenters. The van der Waals surface area contributed by atoms with Gasteiger partial charge in [0.25, 0.3) is 0 Å². The smallest absolute Gasteiger partial charge is 0.224 e. The van der Waals surface area contributed by atoms with Gasteiger partial charge >= 0.3 is 0 Å². The molecule has 4 aromatic rings. The maximum atomic E-state index is 12.4. The Hall–Kier alpha value is -3.66. The molecule has 0 aliphatic carbocycles. The molecule has 28 heavy (non-hydrogen) atoms. The van der Waals surface area contributed by atoms with E-state index < -0.39 is 0 Å². The number of hydrogen-bond donors (Lipinski definition) is 1. The van der Waals surface area contributed by atoms with Crippen LogP contribution in [-0.4, -0.2) is 10.9 Å². The van der Waals surface area contributed by atoms with Gasteiger partial charge in [-0.15, -0.1) is 0 Å². The zero-order valence-electron chi connectivity index (χ0n) is 15.3. The first-order valence-electron chi connectivity index (χ1n) is 9.19. The molecule has 0 unspecified atom stereocenters. The van der Waals surface area contributed by atoms with E-state index in [1.165, 1.54) is 0 Å². The minimum absolute atomic E-state index is 0.0130. The Balaban J connectivity index is 1.34. The Morgan fingerprint density at radius 1 is 0.857 bits per heavy atom. The molecule has 4 rings (SSSR count). The molecule has 138 valence electrons. The molecular formula is C24H20N2O2. The van der Waals surface area contributed by atoms with Crippen LogP contribution in [0.1, 0.15) is 11.1 Å². The second-order valence-corrected chi connectivity index (χ2v) is 6.51. The zero-order valence-corrected chi connectivity index (χ0v) is 15.3. The fourth-order valence-corrected chi connectivity index (χ4v) is 3.07. The van der Waals surface area contributed by atoms with Crippen molar-refractivity contribution in [2.45, 2.75) is 13.0 Å². The largest absolute Gasteiger partial charge is 0.439 e. The van der Waals surface area contributed by atoms with E-state index in [-0.39, 0.29) is 5.91 Å². The van der Waals surface area contributed by atoms with Crippen LogP contribution in [0.15, 0.2) is 91.1 Å². The molecule has 1 N–H and O–H groups in total. The van der Waals surface area contributed by atoms with Crippen molar-refractivity contribution in [2.24, 2.45) is 0 Å². The van der Waals surface area contributed by atoms with Gasteiger partial charge in [-0.2, -0.15) is 0 Å². The maximum Gasteiger partial charge on any atom is 0.224 e. The zero-order chi connectivity index (χ0) is 19.2. The van der Waals surface area contributed by atoms with Gasteiger partial charge in [-0.05, 0) is 34.0 Å². The Kier molecular flexibility index (Phi) is 5.29. The molecule has 4 heteroatoms. The number of hydrogen-bond acceptors (Lipinski definition) is 3. The van der Waals surface area contributed by atoms with E-state index in [9.17, 15) is 4.79 Å². The quantitative estimate of drug-likeness (QED) is 0.527. The van der Waals surface area contributed by atoms with Gasteiger partial charge in [0.15, 0.2) is 0 Å². The van der Waals surface area contributed by atoms with Gasteiger partial charge < -0.3 is 10.1 Å². The fourth-order valence-electron chi connectivity index (χ4n) is 3.07. The first kappa shape index (κ1) is 17.7. The van der Waals surface area contributed by atoms with Crippen molar-refractivity contribution in [1.29, 1.82) is 0 Å². The van der Waals surface area contributed by atoms with E-state index in [0.717, 1.165) is 27.6 Å². The first-order valence-corrected chi connectivity index (χ1v) is 9.19. The first-order chi connectivity index (χ1) is 13.8. The minimum Gasteiger partial charge on any atom is -0.439 e. The lowest BCUT2D eigenvalue weighted by Gasteiger charge is -2.09. The number of para-hydroxylation sites is 1. The summed E-state index contributed by atoms with van der Waals surface area (Å²) < 4.78 is 5.68. The summed E-state index contributed by atoms with van der Waals surface area (Å²) in [7, 11) is 0. The number of aromatic nitrogens is 1. The predicted molar refractivity (Wildman–Crippen MR) is 110 cm³/mol. The van der Waals surface area contributed by atoms with E-state index in [2.05, 4.69) is 22.4 Å². The molecule has 0 spiro atoms. The standard InChI is InChI=1S/C24H20N2O2/c27-23(15-20-9-6-8-19-7-4-5-12-22(19)20)25-16-18-13-14-24(26-17-18)28-21-10-2-1-3-11-21/h1-14,17H,15-16H2,(H,25,27). The van der Waals surface area contributed by atoms with E-state index >= 15 is 0 Å². The minimum atomic E-state index is -0.0130. The molecule has 1 amide bonds. The van der Waals surface area contributed by atoms with E-state index in [0.29, 0.717) is 18.8 Å². The molecule has 0 bridgehead atoms. The van der Waals surface area contributed by atoms with Crippen molar-refractivity contribution in [2.75, 3.05) is 0 Å². The van der Waals surface area contributed by atoms with Crippen molar-refractivity contribution in [3.05, 3.63) is 102 Å². The second kappa shape index (κ2) is 8.35. The number of ether oxygens (including phenoxy) is 1. The Bertz CT molecular complexity index is 1070. The van der Waals surface area contributed by atoms with Crippen LogP contribution in [0.25, 0.3) is 10.8 Å². The molecule has 4 nitrogen and oxygen atoms in total. The Morgan fingerprint density at radius 3 is 2.46 bits per heavy atom. The molecule has 0 fully saturated rings. The van der Waals surface area contributed by atoms with Gasteiger partial charge in [-0.25, -0.2) is 4.98 Å². The normalized spacial score (nSPS) is 10.6. The molecule has 3 aromatic carbocycles. The summed E-state index contributed by atoms with van der Waals surface area (Å²) in [5.74, 6) is 1.25. The van der Waals surface area contributed by atoms with Gasteiger partial charge in [0.2, 0.25) is 11.8 Å². The highest BCUT2D eigenvalue weighted by atomic mass is 16.5. The van der Waals surface area contributed by atoms with Crippen molar-refractivity contribution in [3.8, 4) is 11.6 Å². The number of nitrogens with zero attached hydrogens (tertiary/aromatic N) is 1. The molecule has 0 aliphatic heterocycles. The number of amides is 1. The van der Waals surface area contributed by atoms with Crippen LogP contribution < -0.4 is 10.1 Å². The van der Waals surface area contributed by atoms with Crippen LogP contribution in [0.5, 0.6) is 11.6 Å². The number of rotatable bonds is 6. The third kappa shape index (κ3) is 4.35. The SMILES string of the molecule is O=C(Cc1cccc2ccccc12)NCc1ccc(Oc2ccccc2)nc1. The van der Waals surface area contributed by atoms with E-state index in [1.54, 1.807) is 12.3 Å². The number of nitrogens with one attached hydrogen (secondary N) is 1. The topological polar surface area (TPSA) is 51.2 Å². The summed E-state index contributed by atoms with van der Waals surface area (Å²) in [6.45, 7) is 0.433. The van der Waals surface area contributed by atoms with Crippen molar-refractivity contribution >= 4 is 16.7 Å². The van der Waals surface area contributed by atoms with Gasteiger partial charge in [-0.1, -0.05) is 66.7 Å². The molecule has 0 radical (unpaired) electrons.